The van der Waals surface area contributed by atoms with Crippen LogP contribution in [0.15, 0.2) is 0 Å². The summed E-state index contributed by atoms with van der Waals surface area (Å²) in [5.74, 6) is -0.131. The summed E-state index contributed by atoms with van der Waals surface area (Å²) in [4.78, 5) is 13.4. The molecule has 2 saturated heterocycles. The quantitative estimate of drug-likeness (QED) is 0.671. The molecule has 1 amide bonds. The highest BCUT2D eigenvalue weighted by atomic mass is 35.5. The van der Waals surface area contributed by atoms with Gasteiger partial charge in [0.2, 0.25) is 5.91 Å². The minimum Gasteiger partial charge on any atom is -0.379 e. The van der Waals surface area contributed by atoms with Crippen molar-refractivity contribution < 1.29 is 17.9 Å². The van der Waals surface area contributed by atoms with Gasteiger partial charge < -0.3 is 15.4 Å². The lowest BCUT2D eigenvalue weighted by atomic mass is 10.2. The normalized spacial score (nSPS) is 23.4. The van der Waals surface area contributed by atoms with Crippen molar-refractivity contribution in [2.24, 2.45) is 5.73 Å². The Balaban J connectivity index is 0.00000220. The van der Waals surface area contributed by atoms with Crippen LogP contribution in [0.25, 0.3) is 0 Å². The number of nitrogens with zero attached hydrogens (tertiary/aromatic N) is 3. The molecule has 21 heavy (non-hydrogen) atoms. The molecule has 10 heteroatoms. The first-order valence-electron chi connectivity index (χ1n) is 6.80. The maximum atomic E-state index is 12.4. The van der Waals surface area contributed by atoms with Crippen LogP contribution in [0.3, 0.4) is 0 Å². The number of halogens is 1. The third kappa shape index (κ3) is 4.27. The van der Waals surface area contributed by atoms with Gasteiger partial charge >= 0.3 is 0 Å². The molecule has 0 saturated carbocycles. The number of hydrogen-bond donors (Lipinski definition) is 1. The van der Waals surface area contributed by atoms with Gasteiger partial charge in [-0.05, 0) is 6.92 Å². The Bertz CT molecular complexity index is 445. The molecule has 8 nitrogen and oxygen atoms in total. The van der Waals surface area contributed by atoms with E-state index in [9.17, 15) is 13.2 Å². The van der Waals surface area contributed by atoms with E-state index in [-0.39, 0.29) is 18.3 Å². The molecule has 2 aliphatic heterocycles. The first-order chi connectivity index (χ1) is 9.43. The highest BCUT2D eigenvalue weighted by Crippen LogP contribution is 2.14. The summed E-state index contributed by atoms with van der Waals surface area (Å²) in [5.41, 5.74) is 5.56. The van der Waals surface area contributed by atoms with Crippen LogP contribution in [-0.2, 0) is 19.7 Å². The van der Waals surface area contributed by atoms with Gasteiger partial charge in [0.25, 0.3) is 10.2 Å². The van der Waals surface area contributed by atoms with Gasteiger partial charge in [0.05, 0.1) is 19.3 Å². The van der Waals surface area contributed by atoms with Crippen molar-refractivity contribution in [1.82, 2.24) is 13.5 Å². The van der Waals surface area contributed by atoms with E-state index in [0.29, 0.717) is 52.5 Å². The number of carbonyl (C=O) groups is 1. The van der Waals surface area contributed by atoms with Crippen molar-refractivity contribution in [2.75, 3.05) is 52.5 Å². The number of amides is 1. The number of piperazine rings is 1. The summed E-state index contributed by atoms with van der Waals surface area (Å²) in [7, 11) is -3.44. The number of carbonyl (C=O) groups excluding carboxylic acids is 1. The van der Waals surface area contributed by atoms with E-state index in [1.165, 1.54) is 8.61 Å². The number of hydrogen-bond acceptors (Lipinski definition) is 5. The van der Waals surface area contributed by atoms with E-state index in [1.54, 1.807) is 11.8 Å². The van der Waals surface area contributed by atoms with Crippen molar-refractivity contribution in [3.8, 4) is 0 Å². The van der Waals surface area contributed by atoms with Gasteiger partial charge in [0, 0.05) is 39.3 Å². The van der Waals surface area contributed by atoms with E-state index in [2.05, 4.69) is 0 Å². The molecular weight excluding hydrogens is 320 g/mol. The standard InChI is InChI=1S/C11H22N4O4S.ClH/c1-10(12)11(16)13-2-4-14(5-3-13)20(17,18)15-6-8-19-9-7-15;/h10H,2-9,12H2,1H3;1H/t10-;/m0./s1. The molecule has 124 valence electrons. The maximum Gasteiger partial charge on any atom is 0.282 e. The molecule has 0 radical (unpaired) electrons. The minimum atomic E-state index is -3.44. The summed E-state index contributed by atoms with van der Waals surface area (Å²) in [5, 5.41) is 0. The maximum absolute atomic E-state index is 12.4. The zero-order valence-corrected chi connectivity index (χ0v) is 13.7. The fourth-order valence-electron chi connectivity index (χ4n) is 2.37. The van der Waals surface area contributed by atoms with Crippen LogP contribution in [0, 0.1) is 0 Å². The monoisotopic (exact) mass is 342 g/mol. The number of nitrogens with two attached hydrogens (primary N) is 1. The van der Waals surface area contributed by atoms with Gasteiger partial charge in [-0.2, -0.15) is 17.0 Å². The Morgan fingerprint density at radius 2 is 1.52 bits per heavy atom. The third-order valence-corrected chi connectivity index (χ3v) is 5.60. The summed E-state index contributed by atoms with van der Waals surface area (Å²) in [6.07, 6.45) is 0. The van der Waals surface area contributed by atoms with Gasteiger partial charge in [-0.25, -0.2) is 0 Å². The molecule has 2 N–H and O–H groups in total. The SMILES string of the molecule is C[C@H](N)C(=O)N1CCN(S(=O)(=O)N2CCOCC2)CC1.Cl. The summed E-state index contributed by atoms with van der Waals surface area (Å²) in [6.45, 7) is 4.71. The van der Waals surface area contributed by atoms with Gasteiger partial charge in [0.1, 0.15) is 0 Å². The van der Waals surface area contributed by atoms with Crippen LogP contribution in [-0.4, -0.2) is 86.4 Å². The lowest BCUT2D eigenvalue weighted by Crippen LogP contribution is -2.57. The zero-order valence-electron chi connectivity index (χ0n) is 12.1. The fourth-order valence-corrected chi connectivity index (χ4v) is 3.93. The summed E-state index contributed by atoms with van der Waals surface area (Å²) < 4.78 is 32.9. The first-order valence-corrected chi connectivity index (χ1v) is 8.20. The second kappa shape index (κ2) is 7.70. The summed E-state index contributed by atoms with van der Waals surface area (Å²) in [6, 6.07) is -0.544. The Morgan fingerprint density at radius 1 is 1.05 bits per heavy atom. The Labute approximate surface area is 131 Å². The molecule has 0 aromatic carbocycles. The van der Waals surface area contributed by atoms with E-state index >= 15 is 0 Å². The van der Waals surface area contributed by atoms with Crippen LogP contribution in [0.1, 0.15) is 6.92 Å². The molecule has 0 spiro atoms. The van der Waals surface area contributed by atoms with E-state index in [4.69, 9.17) is 10.5 Å². The predicted molar refractivity (Wildman–Crippen MR) is 80.4 cm³/mol. The molecule has 2 heterocycles. The average molecular weight is 343 g/mol. The first kappa shape index (κ1) is 18.6. The zero-order chi connectivity index (χ0) is 14.8. The van der Waals surface area contributed by atoms with Gasteiger partial charge in [0.15, 0.2) is 0 Å². The number of ether oxygens (including phenoxy) is 1. The van der Waals surface area contributed by atoms with Gasteiger partial charge in [-0.15, -0.1) is 12.4 Å². The second-order valence-corrected chi connectivity index (χ2v) is 6.96. The highest BCUT2D eigenvalue weighted by Gasteiger charge is 2.34. The van der Waals surface area contributed by atoms with Crippen LogP contribution < -0.4 is 5.73 Å². The fraction of sp³-hybridized carbons (Fsp3) is 0.909. The molecule has 0 aromatic heterocycles. The molecule has 2 rings (SSSR count). The second-order valence-electron chi connectivity index (χ2n) is 5.03. The van der Waals surface area contributed by atoms with Crippen molar-refractivity contribution >= 4 is 28.5 Å². The molecular formula is C11H23ClN4O4S. The van der Waals surface area contributed by atoms with Crippen LogP contribution in [0.4, 0.5) is 0 Å². The number of rotatable bonds is 3. The van der Waals surface area contributed by atoms with Crippen molar-refractivity contribution in [2.45, 2.75) is 13.0 Å². The lowest BCUT2D eigenvalue weighted by molar-refractivity contribution is -0.133. The third-order valence-electron chi connectivity index (χ3n) is 3.56. The van der Waals surface area contributed by atoms with E-state index < -0.39 is 16.3 Å². The van der Waals surface area contributed by atoms with Gasteiger partial charge in [-0.3, -0.25) is 4.79 Å². The molecule has 2 fully saturated rings. The van der Waals surface area contributed by atoms with E-state index in [0.717, 1.165) is 0 Å². The molecule has 0 aromatic rings. The average Bonchev–Trinajstić information content (AvgIpc) is 2.47. The number of morpholine rings is 1. The Morgan fingerprint density at radius 3 is 2.00 bits per heavy atom. The lowest BCUT2D eigenvalue weighted by Gasteiger charge is -2.38. The van der Waals surface area contributed by atoms with Crippen molar-refractivity contribution in [3.05, 3.63) is 0 Å². The van der Waals surface area contributed by atoms with Crippen LogP contribution in [0.5, 0.6) is 0 Å². The Kier molecular flexibility index (Phi) is 6.82. The molecule has 0 unspecified atom stereocenters. The summed E-state index contributed by atoms with van der Waals surface area (Å²) >= 11 is 0. The largest absolute Gasteiger partial charge is 0.379 e. The molecule has 0 aliphatic carbocycles. The van der Waals surface area contributed by atoms with Crippen LogP contribution in [0.2, 0.25) is 0 Å². The van der Waals surface area contributed by atoms with Crippen molar-refractivity contribution in [3.63, 3.8) is 0 Å². The molecule has 0 bridgehead atoms. The topological polar surface area (TPSA) is 96.2 Å². The highest BCUT2D eigenvalue weighted by molar-refractivity contribution is 7.86. The smallest absolute Gasteiger partial charge is 0.282 e. The minimum absolute atomic E-state index is 0. The predicted octanol–water partition coefficient (Wildman–Crippen LogP) is -1.52. The molecule has 1 atom stereocenters. The van der Waals surface area contributed by atoms with Crippen LogP contribution >= 0.6 is 12.4 Å². The van der Waals surface area contributed by atoms with Crippen molar-refractivity contribution in [1.29, 1.82) is 0 Å². The molecule has 2 aliphatic rings. The van der Waals surface area contributed by atoms with E-state index in [1.807, 2.05) is 0 Å². The Hall–Kier alpha value is -0.450. The van der Waals surface area contributed by atoms with Gasteiger partial charge in [-0.1, -0.05) is 0 Å².